The number of thiazole rings is 1. The van der Waals surface area contributed by atoms with Crippen LogP contribution in [0.25, 0.3) is 0 Å². The fraction of sp³-hybridized carbons (Fsp3) is 0.214. The number of ether oxygens (including phenoxy) is 1. The number of nitrogens with one attached hydrogen (secondary N) is 1. The minimum absolute atomic E-state index is 0.167. The molecule has 0 amide bonds. The van der Waals surface area contributed by atoms with E-state index in [1.165, 1.54) is 18.4 Å². The predicted molar refractivity (Wildman–Crippen MR) is 89.9 cm³/mol. The Kier molecular flexibility index (Phi) is 5.51. The number of aryl methyl sites for hydroxylation is 1. The number of anilines is 1. The van der Waals surface area contributed by atoms with Crippen LogP contribution in [0.3, 0.4) is 0 Å². The van der Waals surface area contributed by atoms with Gasteiger partial charge in [-0.2, -0.15) is 5.10 Å². The molecule has 2 N–H and O–H groups in total. The summed E-state index contributed by atoms with van der Waals surface area (Å²) in [6.07, 6.45) is 2.23. The molecule has 0 aliphatic rings. The fourth-order valence-corrected chi connectivity index (χ4v) is 2.98. The van der Waals surface area contributed by atoms with Crippen molar-refractivity contribution in [2.75, 3.05) is 12.5 Å². The molecule has 2 rings (SSSR count). The van der Waals surface area contributed by atoms with Gasteiger partial charge in [0, 0.05) is 0 Å². The summed E-state index contributed by atoms with van der Waals surface area (Å²) in [5, 5.41) is 14.0. The van der Waals surface area contributed by atoms with Crippen LogP contribution >= 0.6 is 27.3 Å². The Morgan fingerprint density at radius 2 is 2.36 bits per heavy atom. The summed E-state index contributed by atoms with van der Waals surface area (Å²) >= 11 is 4.43. The van der Waals surface area contributed by atoms with Gasteiger partial charge in [0.05, 0.1) is 23.5 Å². The molecule has 0 fully saturated rings. The number of esters is 1. The van der Waals surface area contributed by atoms with Gasteiger partial charge < -0.3 is 9.84 Å². The highest BCUT2D eigenvalue weighted by atomic mass is 79.9. The Bertz CT molecular complexity index is 715. The third-order valence-electron chi connectivity index (χ3n) is 2.75. The first-order chi connectivity index (χ1) is 10.5. The van der Waals surface area contributed by atoms with Gasteiger partial charge in [-0.1, -0.05) is 18.3 Å². The molecule has 2 aromatic rings. The lowest BCUT2D eigenvalue weighted by atomic mass is 10.2. The van der Waals surface area contributed by atoms with Crippen molar-refractivity contribution in [1.82, 2.24) is 4.98 Å². The number of carbonyl (C=O) groups excluding carboxylic acids is 1. The number of halogens is 1. The summed E-state index contributed by atoms with van der Waals surface area (Å²) in [5.41, 5.74) is 4.28. The van der Waals surface area contributed by atoms with Crippen molar-refractivity contribution >= 4 is 44.6 Å². The molecule has 1 aromatic heterocycles. The van der Waals surface area contributed by atoms with Gasteiger partial charge in [0.15, 0.2) is 0 Å². The summed E-state index contributed by atoms with van der Waals surface area (Å²) in [6, 6.07) is 5.03. The van der Waals surface area contributed by atoms with E-state index in [9.17, 15) is 9.90 Å². The Hall–Kier alpha value is -1.93. The lowest BCUT2D eigenvalue weighted by Gasteiger charge is -1.98. The quantitative estimate of drug-likeness (QED) is 0.469. The number of hydrogen-bond acceptors (Lipinski definition) is 7. The minimum Gasteiger partial charge on any atom is -0.507 e. The van der Waals surface area contributed by atoms with Crippen molar-refractivity contribution in [3.05, 3.63) is 38.8 Å². The second kappa shape index (κ2) is 7.37. The maximum atomic E-state index is 11.6. The molecule has 0 bridgehead atoms. The van der Waals surface area contributed by atoms with E-state index >= 15 is 0 Å². The molecule has 0 atom stereocenters. The molecule has 116 valence electrons. The monoisotopic (exact) mass is 383 g/mol. The zero-order valence-electron chi connectivity index (χ0n) is 12.0. The van der Waals surface area contributed by atoms with Gasteiger partial charge in [-0.25, -0.2) is 9.78 Å². The number of phenols is 1. The Balaban J connectivity index is 2.10. The van der Waals surface area contributed by atoms with Crippen molar-refractivity contribution in [1.29, 1.82) is 0 Å². The largest absolute Gasteiger partial charge is 0.507 e. The zero-order chi connectivity index (χ0) is 16.1. The molecule has 6 nitrogen and oxygen atoms in total. The minimum atomic E-state index is -0.395. The van der Waals surface area contributed by atoms with Crippen LogP contribution in [0, 0.1) is 0 Å². The van der Waals surface area contributed by atoms with Gasteiger partial charge in [-0.15, -0.1) is 0 Å². The molecule has 0 aliphatic carbocycles. The van der Waals surface area contributed by atoms with Gasteiger partial charge in [0.2, 0.25) is 5.13 Å². The van der Waals surface area contributed by atoms with Crippen molar-refractivity contribution in [3.63, 3.8) is 0 Å². The molecule has 0 radical (unpaired) electrons. The van der Waals surface area contributed by atoms with Crippen molar-refractivity contribution in [2.24, 2.45) is 5.10 Å². The van der Waals surface area contributed by atoms with Gasteiger partial charge in [0.25, 0.3) is 0 Å². The number of nitrogens with zero attached hydrogens (tertiary/aromatic N) is 2. The Morgan fingerprint density at radius 3 is 3.00 bits per heavy atom. The highest BCUT2D eigenvalue weighted by Crippen LogP contribution is 2.25. The average molecular weight is 384 g/mol. The molecule has 0 spiro atoms. The van der Waals surface area contributed by atoms with E-state index in [1.807, 2.05) is 6.92 Å². The molecular weight excluding hydrogens is 370 g/mol. The molecule has 1 heterocycles. The van der Waals surface area contributed by atoms with Crippen LogP contribution in [0.4, 0.5) is 5.13 Å². The van der Waals surface area contributed by atoms with Crippen LogP contribution in [0.5, 0.6) is 5.75 Å². The summed E-state index contributed by atoms with van der Waals surface area (Å²) in [6.45, 7) is 1.92. The Labute approximate surface area is 140 Å². The van der Waals surface area contributed by atoms with Gasteiger partial charge in [0.1, 0.15) is 10.6 Å². The summed E-state index contributed by atoms with van der Waals surface area (Å²) in [7, 11) is 1.34. The van der Waals surface area contributed by atoms with Gasteiger partial charge in [-0.05, 0) is 46.1 Å². The number of aromatic hydroxyl groups is 1. The number of phenolic OH excluding ortho intramolecular Hbond substituents is 1. The number of hydrazone groups is 1. The molecule has 8 heteroatoms. The van der Waals surface area contributed by atoms with Crippen LogP contribution in [0.2, 0.25) is 0 Å². The summed E-state index contributed by atoms with van der Waals surface area (Å²) < 4.78 is 5.32. The normalized spacial score (nSPS) is 10.9. The van der Waals surface area contributed by atoms with E-state index in [0.29, 0.717) is 26.6 Å². The molecule has 0 saturated heterocycles. The van der Waals surface area contributed by atoms with Gasteiger partial charge >= 0.3 is 5.97 Å². The number of hydrogen-bond donors (Lipinski definition) is 2. The molecule has 1 aromatic carbocycles. The maximum absolute atomic E-state index is 11.6. The second-order valence-corrected chi connectivity index (χ2v) is 6.07. The summed E-state index contributed by atoms with van der Waals surface area (Å²) in [4.78, 5) is 16.4. The standard InChI is InChI=1S/C14H14BrN3O3S/c1-3-10-12(13(20)21-2)22-14(17-10)18-16-7-8-4-5-11(19)9(15)6-8/h4-7,19H,3H2,1-2H3,(H,17,18)/b16-7-. The number of carbonyl (C=O) groups is 1. The number of methoxy groups -OCH3 is 1. The first-order valence-corrected chi connectivity index (χ1v) is 8.01. The molecule has 0 aliphatic heterocycles. The molecule has 0 saturated carbocycles. The van der Waals surface area contributed by atoms with Crippen molar-refractivity contribution in [3.8, 4) is 5.75 Å². The average Bonchev–Trinajstić information content (AvgIpc) is 2.93. The first-order valence-electron chi connectivity index (χ1n) is 6.40. The van der Waals surface area contributed by atoms with Crippen LogP contribution in [-0.4, -0.2) is 29.4 Å². The fourth-order valence-electron chi connectivity index (χ4n) is 1.66. The topological polar surface area (TPSA) is 83.8 Å². The Morgan fingerprint density at radius 1 is 1.59 bits per heavy atom. The van der Waals surface area contributed by atoms with Crippen LogP contribution in [0.1, 0.15) is 27.9 Å². The van der Waals surface area contributed by atoms with Crippen LogP contribution < -0.4 is 5.43 Å². The summed E-state index contributed by atoms with van der Waals surface area (Å²) in [5.74, 6) is -0.228. The van der Waals surface area contributed by atoms with Crippen LogP contribution in [0.15, 0.2) is 27.8 Å². The number of benzene rings is 1. The maximum Gasteiger partial charge on any atom is 0.350 e. The van der Waals surface area contributed by atoms with Crippen molar-refractivity contribution < 1.29 is 14.6 Å². The highest BCUT2D eigenvalue weighted by molar-refractivity contribution is 9.10. The molecule has 22 heavy (non-hydrogen) atoms. The van der Waals surface area contributed by atoms with E-state index in [1.54, 1.807) is 24.4 Å². The van der Waals surface area contributed by atoms with Gasteiger partial charge in [-0.3, -0.25) is 5.43 Å². The number of aromatic nitrogens is 1. The van der Waals surface area contributed by atoms with E-state index in [0.717, 1.165) is 5.56 Å². The smallest absolute Gasteiger partial charge is 0.350 e. The first kappa shape index (κ1) is 16.4. The molecule has 0 unspecified atom stereocenters. The zero-order valence-corrected chi connectivity index (χ0v) is 14.4. The third-order valence-corrected chi connectivity index (χ3v) is 4.37. The second-order valence-electron chi connectivity index (χ2n) is 4.22. The van der Waals surface area contributed by atoms with E-state index < -0.39 is 5.97 Å². The third kappa shape index (κ3) is 3.83. The number of rotatable bonds is 5. The highest BCUT2D eigenvalue weighted by Gasteiger charge is 2.17. The van der Waals surface area contributed by atoms with E-state index in [2.05, 4.69) is 31.4 Å². The SMILES string of the molecule is CCc1nc(N/N=C\c2ccc(O)c(Br)c2)sc1C(=O)OC. The van der Waals surface area contributed by atoms with Crippen LogP contribution in [-0.2, 0) is 11.2 Å². The van der Waals surface area contributed by atoms with Crippen molar-refractivity contribution in [2.45, 2.75) is 13.3 Å². The van der Waals surface area contributed by atoms with E-state index in [4.69, 9.17) is 4.74 Å². The lowest BCUT2D eigenvalue weighted by Crippen LogP contribution is -2.01. The predicted octanol–water partition coefficient (Wildman–Crippen LogP) is 3.41. The lowest BCUT2D eigenvalue weighted by molar-refractivity contribution is 0.0605. The molecular formula is C14H14BrN3O3S. The van der Waals surface area contributed by atoms with E-state index in [-0.39, 0.29) is 5.75 Å².